The molecule has 1 heterocycles. The average molecular weight is 252 g/mol. The van der Waals surface area contributed by atoms with Gasteiger partial charge in [-0.15, -0.1) is 0 Å². The van der Waals surface area contributed by atoms with Gasteiger partial charge in [-0.1, -0.05) is 6.92 Å². The molecule has 0 saturated heterocycles. The van der Waals surface area contributed by atoms with E-state index in [1.165, 1.54) is 0 Å². The Morgan fingerprint density at radius 3 is 2.39 bits per heavy atom. The Labute approximate surface area is 109 Å². The van der Waals surface area contributed by atoms with Crippen LogP contribution in [0.15, 0.2) is 0 Å². The van der Waals surface area contributed by atoms with Crippen LogP contribution in [-0.2, 0) is 6.42 Å². The quantitative estimate of drug-likeness (QED) is 0.518. The van der Waals surface area contributed by atoms with E-state index in [2.05, 4.69) is 46.6 Å². The van der Waals surface area contributed by atoms with E-state index in [0.717, 1.165) is 30.2 Å². The molecule has 0 amide bonds. The maximum atomic E-state index is 5.47. The first-order valence-electron chi connectivity index (χ1n) is 6.24. The van der Waals surface area contributed by atoms with Crippen LogP contribution in [0.5, 0.6) is 0 Å². The fourth-order valence-electron chi connectivity index (χ4n) is 1.46. The molecule has 0 aliphatic heterocycles. The molecule has 0 aromatic carbocycles. The van der Waals surface area contributed by atoms with E-state index in [1.54, 1.807) is 0 Å². The fraction of sp³-hybridized carbons (Fsp3) is 0.667. The first kappa shape index (κ1) is 14.7. The highest BCUT2D eigenvalue weighted by Crippen LogP contribution is 2.19. The Hall–Kier alpha value is -1.40. The van der Waals surface area contributed by atoms with Crippen molar-refractivity contribution in [2.75, 3.05) is 31.4 Å². The third kappa shape index (κ3) is 3.54. The van der Waals surface area contributed by atoms with Crippen molar-refractivity contribution in [2.45, 2.75) is 33.2 Å². The lowest BCUT2D eigenvalue weighted by Crippen LogP contribution is -2.32. The minimum atomic E-state index is 0.429. The molecule has 6 heteroatoms. The van der Waals surface area contributed by atoms with Crippen molar-refractivity contribution in [3.63, 3.8) is 0 Å². The summed E-state index contributed by atoms with van der Waals surface area (Å²) in [6.45, 7) is 6.97. The van der Waals surface area contributed by atoms with Gasteiger partial charge in [-0.05, 0) is 27.9 Å². The van der Waals surface area contributed by atoms with Crippen LogP contribution in [-0.4, -0.2) is 41.5 Å². The Morgan fingerprint density at radius 2 is 1.89 bits per heavy atom. The van der Waals surface area contributed by atoms with Crippen molar-refractivity contribution in [1.82, 2.24) is 14.9 Å². The number of hydrazine groups is 1. The van der Waals surface area contributed by atoms with E-state index in [0.29, 0.717) is 11.9 Å². The second kappa shape index (κ2) is 6.51. The topological polar surface area (TPSA) is 79.1 Å². The Bertz CT molecular complexity index is 390. The Morgan fingerprint density at radius 1 is 1.28 bits per heavy atom. The van der Waals surface area contributed by atoms with Crippen LogP contribution in [0, 0.1) is 6.92 Å². The van der Waals surface area contributed by atoms with Gasteiger partial charge in [0.2, 0.25) is 0 Å². The second-order valence-electron chi connectivity index (χ2n) is 4.65. The maximum Gasteiger partial charge on any atom is 0.148 e. The molecule has 1 aromatic heterocycles. The summed E-state index contributed by atoms with van der Waals surface area (Å²) in [7, 11) is 4.12. The number of likely N-dealkylation sites (N-methyl/N-ethyl adjacent to an activating group) is 1. The van der Waals surface area contributed by atoms with Gasteiger partial charge in [0.25, 0.3) is 0 Å². The minimum Gasteiger partial charge on any atom is -0.368 e. The van der Waals surface area contributed by atoms with Gasteiger partial charge in [0.15, 0.2) is 0 Å². The average Bonchev–Trinajstić information content (AvgIpc) is 2.36. The van der Waals surface area contributed by atoms with Crippen molar-refractivity contribution in [2.24, 2.45) is 5.84 Å². The zero-order valence-corrected chi connectivity index (χ0v) is 11.9. The molecule has 102 valence electrons. The number of aromatic nitrogens is 2. The highest BCUT2D eigenvalue weighted by molar-refractivity contribution is 5.56. The van der Waals surface area contributed by atoms with Gasteiger partial charge in [0.1, 0.15) is 17.5 Å². The molecule has 1 unspecified atom stereocenters. The predicted molar refractivity (Wildman–Crippen MR) is 75.6 cm³/mol. The molecule has 1 aromatic rings. The summed E-state index contributed by atoms with van der Waals surface area (Å²) in [5.41, 5.74) is 3.56. The number of hydrogen-bond acceptors (Lipinski definition) is 6. The number of hydrogen-bond donors (Lipinski definition) is 3. The number of anilines is 2. The second-order valence-corrected chi connectivity index (χ2v) is 4.65. The van der Waals surface area contributed by atoms with Crippen LogP contribution < -0.4 is 16.6 Å². The normalized spacial score (nSPS) is 12.6. The van der Waals surface area contributed by atoms with E-state index in [1.807, 2.05) is 13.8 Å². The number of nitrogens with two attached hydrogens (primary N) is 1. The van der Waals surface area contributed by atoms with Crippen LogP contribution in [0.3, 0.4) is 0 Å². The van der Waals surface area contributed by atoms with Gasteiger partial charge in [-0.2, -0.15) is 0 Å². The van der Waals surface area contributed by atoms with E-state index >= 15 is 0 Å². The molecule has 0 saturated carbocycles. The first-order valence-corrected chi connectivity index (χ1v) is 6.24. The largest absolute Gasteiger partial charge is 0.368 e. The summed E-state index contributed by atoms with van der Waals surface area (Å²) in [4.78, 5) is 11.0. The predicted octanol–water partition coefficient (Wildman–Crippen LogP) is 0.995. The summed E-state index contributed by atoms with van der Waals surface area (Å²) >= 11 is 0. The van der Waals surface area contributed by atoms with Crippen LogP contribution in [0.2, 0.25) is 0 Å². The van der Waals surface area contributed by atoms with Crippen molar-refractivity contribution >= 4 is 11.6 Å². The molecule has 0 fully saturated rings. The van der Waals surface area contributed by atoms with Gasteiger partial charge in [-0.3, -0.25) is 0 Å². The summed E-state index contributed by atoms with van der Waals surface area (Å²) in [5.74, 6) is 7.79. The highest BCUT2D eigenvalue weighted by Gasteiger charge is 2.11. The third-order valence-electron chi connectivity index (χ3n) is 3.09. The van der Waals surface area contributed by atoms with Gasteiger partial charge in [-0.25, -0.2) is 15.8 Å². The smallest absolute Gasteiger partial charge is 0.148 e. The lowest BCUT2D eigenvalue weighted by atomic mass is 10.2. The van der Waals surface area contributed by atoms with E-state index < -0.39 is 0 Å². The number of nitrogen functional groups attached to an aromatic ring is 1. The number of rotatable bonds is 6. The van der Waals surface area contributed by atoms with Crippen LogP contribution in [0.4, 0.5) is 11.6 Å². The number of aryl methyl sites for hydroxylation is 1. The number of nitrogens with one attached hydrogen (secondary N) is 2. The molecule has 1 atom stereocenters. The summed E-state index contributed by atoms with van der Waals surface area (Å²) in [6.07, 6.45) is 0.785. The summed E-state index contributed by atoms with van der Waals surface area (Å²) in [5, 5.41) is 3.36. The molecule has 0 spiro atoms. The van der Waals surface area contributed by atoms with E-state index in [9.17, 15) is 0 Å². The first-order chi connectivity index (χ1) is 8.49. The molecule has 6 nitrogen and oxygen atoms in total. The molecule has 0 aliphatic rings. The molecular formula is C12H24N6. The molecule has 1 rings (SSSR count). The van der Waals surface area contributed by atoms with Gasteiger partial charge < -0.3 is 15.6 Å². The third-order valence-corrected chi connectivity index (χ3v) is 3.09. The van der Waals surface area contributed by atoms with E-state index in [-0.39, 0.29) is 0 Å². The van der Waals surface area contributed by atoms with E-state index in [4.69, 9.17) is 5.84 Å². The van der Waals surface area contributed by atoms with Crippen LogP contribution in [0.25, 0.3) is 0 Å². The van der Waals surface area contributed by atoms with Gasteiger partial charge in [0, 0.05) is 24.6 Å². The zero-order chi connectivity index (χ0) is 13.7. The molecule has 0 aliphatic carbocycles. The molecule has 0 bridgehead atoms. The zero-order valence-electron chi connectivity index (χ0n) is 11.9. The summed E-state index contributed by atoms with van der Waals surface area (Å²) in [6, 6.07) is 0.429. The molecular weight excluding hydrogens is 228 g/mol. The number of nitrogens with zero attached hydrogens (tertiary/aromatic N) is 3. The van der Waals surface area contributed by atoms with Gasteiger partial charge in [0.05, 0.1) is 0 Å². The SMILES string of the molecule is CCc1nc(NN)c(C)c(NCC(C)N(C)C)n1. The van der Waals surface area contributed by atoms with Crippen molar-refractivity contribution in [1.29, 1.82) is 0 Å². The lowest BCUT2D eigenvalue weighted by Gasteiger charge is -2.21. The molecule has 18 heavy (non-hydrogen) atoms. The Kier molecular flexibility index (Phi) is 5.30. The molecule has 0 radical (unpaired) electrons. The molecule has 4 N–H and O–H groups in total. The van der Waals surface area contributed by atoms with Crippen molar-refractivity contribution < 1.29 is 0 Å². The summed E-state index contributed by atoms with van der Waals surface area (Å²) < 4.78 is 0. The Balaban J connectivity index is 2.87. The monoisotopic (exact) mass is 252 g/mol. The van der Waals surface area contributed by atoms with Crippen LogP contribution >= 0.6 is 0 Å². The maximum absolute atomic E-state index is 5.47. The minimum absolute atomic E-state index is 0.429. The van der Waals surface area contributed by atoms with Gasteiger partial charge >= 0.3 is 0 Å². The highest BCUT2D eigenvalue weighted by atomic mass is 15.3. The fourth-order valence-corrected chi connectivity index (χ4v) is 1.46. The lowest BCUT2D eigenvalue weighted by molar-refractivity contribution is 0.326. The van der Waals surface area contributed by atoms with Crippen molar-refractivity contribution in [3.8, 4) is 0 Å². The van der Waals surface area contributed by atoms with Crippen LogP contribution in [0.1, 0.15) is 25.2 Å². The standard InChI is InChI=1S/C12H24N6/c1-6-10-15-11(9(3)12(16-10)17-13)14-7-8(2)18(4)5/h8H,6-7,13H2,1-5H3,(H2,14,15,16,17). The van der Waals surface area contributed by atoms with Crippen molar-refractivity contribution in [3.05, 3.63) is 11.4 Å².